The van der Waals surface area contributed by atoms with E-state index >= 15 is 0 Å². The SMILES string of the molecule is Cc1nn(-c2ccccc2)c(C)c1C(=O)NCc1cn(-c2ccccc2)nc1-c1ccccc1. The summed E-state index contributed by atoms with van der Waals surface area (Å²) in [5.74, 6) is -0.149. The first-order valence-electron chi connectivity index (χ1n) is 11.2. The number of nitrogens with zero attached hydrogens (tertiary/aromatic N) is 4. The van der Waals surface area contributed by atoms with E-state index < -0.39 is 0 Å². The van der Waals surface area contributed by atoms with Crippen molar-refractivity contribution in [3.63, 3.8) is 0 Å². The maximum atomic E-state index is 13.2. The molecule has 5 aromatic rings. The average Bonchev–Trinajstić information content (AvgIpc) is 3.45. The van der Waals surface area contributed by atoms with Gasteiger partial charge < -0.3 is 5.32 Å². The van der Waals surface area contributed by atoms with Crippen molar-refractivity contribution >= 4 is 5.91 Å². The van der Waals surface area contributed by atoms with E-state index in [0.717, 1.165) is 33.9 Å². The summed E-state index contributed by atoms with van der Waals surface area (Å²) < 4.78 is 3.67. The molecule has 0 fully saturated rings. The normalized spacial score (nSPS) is 10.9. The Labute approximate surface area is 198 Å². The molecule has 34 heavy (non-hydrogen) atoms. The maximum Gasteiger partial charge on any atom is 0.255 e. The second kappa shape index (κ2) is 9.19. The lowest BCUT2D eigenvalue weighted by atomic mass is 10.1. The van der Waals surface area contributed by atoms with E-state index in [4.69, 9.17) is 5.10 Å². The van der Waals surface area contributed by atoms with Crippen molar-refractivity contribution in [1.82, 2.24) is 24.9 Å². The average molecular weight is 448 g/mol. The van der Waals surface area contributed by atoms with E-state index in [-0.39, 0.29) is 5.91 Å². The number of aryl methyl sites for hydroxylation is 1. The van der Waals surface area contributed by atoms with Crippen molar-refractivity contribution in [3.05, 3.63) is 120 Å². The van der Waals surface area contributed by atoms with Gasteiger partial charge in [-0.1, -0.05) is 66.7 Å². The monoisotopic (exact) mass is 447 g/mol. The topological polar surface area (TPSA) is 64.7 Å². The van der Waals surface area contributed by atoms with Gasteiger partial charge in [0.2, 0.25) is 0 Å². The molecule has 0 bridgehead atoms. The van der Waals surface area contributed by atoms with Crippen LogP contribution in [0.3, 0.4) is 0 Å². The maximum absolute atomic E-state index is 13.2. The van der Waals surface area contributed by atoms with Crippen LogP contribution in [0.15, 0.2) is 97.2 Å². The zero-order chi connectivity index (χ0) is 23.5. The molecule has 0 radical (unpaired) electrons. The number of nitrogens with one attached hydrogen (secondary N) is 1. The van der Waals surface area contributed by atoms with E-state index in [2.05, 4.69) is 10.4 Å². The summed E-state index contributed by atoms with van der Waals surface area (Å²) in [4.78, 5) is 13.2. The Morgan fingerprint density at radius 1 is 0.794 bits per heavy atom. The van der Waals surface area contributed by atoms with Gasteiger partial charge in [-0.15, -0.1) is 0 Å². The van der Waals surface area contributed by atoms with Crippen LogP contribution in [0.5, 0.6) is 0 Å². The van der Waals surface area contributed by atoms with Gasteiger partial charge in [0.1, 0.15) is 0 Å². The Morgan fingerprint density at radius 3 is 2.03 bits per heavy atom. The zero-order valence-corrected chi connectivity index (χ0v) is 19.1. The Hall–Kier alpha value is -4.45. The van der Waals surface area contributed by atoms with Crippen LogP contribution in [0.4, 0.5) is 0 Å². The summed E-state index contributed by atoms with van der Waals surface area (Å²) in [6.07, 6.45) is 1.98. The molecule has 0 aliphatic carbocycles. The van der Waals surface area contributed by atoms with Crippen molar-refractivity contribution in [3.8, 4) is 22.6 Å². The van der Waals surface area contributed by atoms with Gasteiger partial charge in [-0.3, -0.25) is 4.79 Å². The van der Waals surface area contributed by atoms with Crippen molar-refractivity contribution in [1.29, 1.82) is 0 Å². The number of rotatable bonds is 6. The van der Waals surface area contributed by atoms with Crippen LogP contribution >= 0.6 is 0 Å². The van der Waals surface area contributed by atoms with Crippen LogP contribution in [-0.2, 0) is 6.54 Å². The molecule has 5 rings (SSSR count). The minimum absolute atomic E-state index is 0.149. The lowest BCUT2D eigenvalue weighted by Gasteiger charge is -2.07. The first kappa shape index (κ1) is 21.4. The van der Waals surface area contributed by atoms with E-state index in [1.54, 1.807) is 0 Å². The minimum Gasteiger partial charge on any atom is -0.348 e. The predicted octanol–water partition coefficient (Wildman–Crippen LogP) is 5.27. The second-order valence-corrected chi connectivity index (χ2v) is 8.12. The third-order valence-electron chi connectivity index (χ3n) is 5.82. The molecule has 0 atom stereocenters. The summed E-state index contributed by atoms with van der Waals surface area (Å²) >= 11 is 0. The number of carbonyl (C=O) groups is 1. The van der Waals surface area contributed by atoms with Crippen molar-refractivity contribution in [2.45, 2.75) is 20.4 Å². The molecule has 2 heterocycles. The van der Waals surface area contributed by atoms with E-state index in [1.165, 1.54) is 0 Å². The van der Waals surface area contributed by atoms with E-state index in [1.807, 2.05) is 120 Å². The van der Waals surface area contributed by atoms with Gasteiger partial charge in [0.05, 0.1) is 34.0 Å². The molecule has 0 saturated heterocycles. The predicted molar refractivity (Wildman–Crippen MR) is 133 cm³/mol. The first-order chi connectivity index (χ1) is 16.6. The smallest absolute Gasteiger partial charge is 0.255 e. The Balaban J connectivity index is 1.44. The number of hydrogen-bond acceptors (Lipinski definition) is 3. The summed E-state index contributed by atoms with van der Waals surface area (Å²) in [5, 5.41) is 12.5. The summed E-state index contributed by atoms with van der Waals surface area (Å²) in [6, 6.07) is 29.8. The standard InChI is InChI=1S/C28H25N5O/c1-20-26(21(2)33(30-20)25-16-10-5-11-17-25)28(34)29-18-23-19-32(24-14-8-4-9-15-24)31-27(23)22-12-6-3-7-13-22/h3-17,19H,18H2,1-2H3,(H,29,34). The number of carbonyl (C=O) groups excluding carboxylic acids is 1. The fraction of sp³-hybridized carbons (Fsp3) is 0.107. The summed E-state index contributed by atoms with van der Waals surface area (Å²) in [7, 11) is 0. The van der Waals surface area contributed by atoms with Crippen LogP contribution in [0, 0.1) is 13.8 Å². The van der Waals surface area contributed by atoms with Crippen LogP contribution in [0.1, 0.15) is 27.3 Å². The highest BCUT2D eigenvalue weighted by Crippen LogP contribution is 2.24. The Morgan fingerprint density at radius 2 is 1.38 bits per heavy atom. The van der Waals surface area contributed by atoms with Gasteiger partial charge in [-0.25, -0.2) is 9.36 Å². The van der Waals surface area contributed by atoms with Gasteiger partial charge in [0.25, 0.3) is 5.91 Å². The molecule has 168 valence electrons. The third kappa shape index (κ3) is 4.13. The molecule has 6 nitrogen and oxygen atoms in total. The zero-order valence-electron chi connectivity index (χ0n) is 19.1. The molecular weight excluding hydrogens is 422 g/mol. The number of benzene rings is 3. The Kier molecular flexibility index (Phi) is 5.79. The van der Waals surface area contributed by atoms with Gasteiger partial charge in [-0.2, -0.15) is 10.2 Å². The number of amides is 1. The summed E-state index contributed by atoms with van der Waals surface area (Å²) in [6.45, 7) is 4.14. The second-order valence-electron chi connectivity index (χ2n) is 8.12. The first-order valence-corrected chi connectivity index (χ1v) is 11.2. The largest absolute Gasteiger partial charge is 0.348 e. The molecule has 1 N–H and O–H groups in total. The van der Waals surface area contributed by atoms with Crippen LogP contribution in [-0.4, -0.2) is 25.5 Å². The third-order valence-corrected chi connectivity index (χ3v) is 5.82. The highest BCUT2D eigenvalue weighted by molar-refractivity contribution is 5.96. The molecule has 0 saturated carbocycles. The van der Waals surface area contributed by atoms with E-state index in [0.29, 0.717) is 17.8 Å². The van der Waals surface area contributed by atoms with Crippen molar-refractivity contribution in [2.75, 3.05) is 0 Å². The molecule has 0 aliphatic heterocycles. The molecule has 3 aromatic carbocycles. The van der Waals surface area contributed by atoms with Crippen molar-refractivity contribution < 1.29 is 4.79 Å². The molecule has 2 aromatic heterocycles. The highest BCUT2D eigenvalue weighted by Gasteiger charge is 2.20. The molecule has 0 unspecified atom stereocenters. The van der Waals surface area contributed by atoms with Crippen LogP contribution in [0.25, 0.3) is 22.6 Å². The van der Waals surface area contributed by atoms with Gasteiger partial charge in [0, 0.05) is 23.9 Å². The Bertz CT molecular complexity index is 1420. The molecular formula is C28H25N5O. The number of hydrogen-bond donors (Lipinski definition) is 1. The molecule has 6 heteroatoms. The van der Waals surface area contributed by atoms with Crippen LogP contribution < -0.4 is 5.32 Å². The van der Waals surface area contributed by atoms with Gasteiger partial charge in [0.15, 0.2) is 0 Å². The molecule has 0 aliphatic rings. The minimum atomic E-state index is -0.149. The van der Waals surface area contributed by atoms with Gasteiger partial charge in [-0.05, 0) is 38.1 Å². The lowest BCUT2D eigenvalue weighted by molar-refractivity contribution is 0.0949. The molecule has 1 amide bonds. The lowest BCUT2D eigenvalue weighted by Crippen LogP contribution is -2.24. The number of para-hydroxylation sites is 2. The quantitative estimate of drug-likeness (QED) is 0.386. The van der Waals surface area contributed by atoms with Crippen molar-refractivity contribution in [2.24, 2.45) is 0 Å². The van der Waals surface area contributed by atoms with E-state index in [9.17, 15) is 4.79 Å². The van der Waals surface area contributed by atoms with Gasteiger partial charge >= 0.3 is 0 Å². The summed E-state index contributed by atoms with van der Waals surface area (Å²) in [5.41, 5.74) is 6.79. The highest BCUT2D eigenvalue weighted by atomic mass is 16.1. The fourth-order valence-corrected chi connectivity index (χ4v) is 4.15. The fourth-order valence-electron chi connectivity index (χ4n) is 4.15. The van der Waals surface area contributed by atoms with Crippen LogP contribution in [0.2, 0.25) is 0 Å². The molecule has 0 spiro atoms. The number of aromatic nitrogens is 4.